The molecule has 1 unspecified atom stereocenters. The van der Waals surface area contributed by atoms with E-state index in [0.29, 0.717) is 6.04 Å². The summed E-state index contributed by atoms with van der Waals surface area (Å²) in [4.78, 5) is 5.59. The van der Waals surface area contributed by atoms with Crippen LogP contribution in [0.5, 0.6) is 0 Å². The van der Waals surface area contributed by atoms with Gasteiger partial charge in [0.15, 0.2) is 0 Å². The minimum Gasteiger partial charge on any atom is -0.314 e. The summed E-state index contributed by atoms with van der Waals surface area (Å²) >= 11 is 3.90. The molecular formula is C13H22N2S2. The molecule has 1 N–H and O–H groups in total. The average molecular weight is 270 g/mol. The van der Waals surface area contributed by atoms with Gasteiger partial charge in [-0.2, -0.15) is 11.8 Å². The van der Waals surface area contributed by atoms with Crippen molar-refractivity contribution in [1.29, 1.82) is 0 Å². The normalized spacial score (nSPS) is 19.4. The smallest absolute Gasteiger partial charge is 0.0794 e. The first-order chi connectivity index (χ1) is 8.38. The first-order valence-corrected chi connectivity index (χ1v) is 8.60. The zero-order valence-corrected chi connectivity index (χ0v) is 12.2. The van der Waals surface area contributed by atoms with Crippen LogP contribution in [0.3, 0.4) is 0 Å². The maximum atomic E-state index is 4.17. The van der Waals surface area contributed by atoms with Crippen molar-refractivity contribution < 1.29 is 0 Å². The molecule has 1 aromatic rings. The highest BCUT2D eigenvalue weighted by molar-refractivity contribution is 7.99. The van der Waals surface area contributed by atoms with E-state index in [4.69, 9.17) is 0 Å². The minimum atomic E-state index is 0.647. The highest BCUT2D eigenvalue weighted by Crippen LogP contribution is 2.27. The van der Waals surface area contributed by atoms with Crippen molar-refractivity contribution in [3.8, 4) is 0 Å². The summed E-state index contributed by atoms with van der Waals surface area (Å²) in [6, 6.07) is 0.647. The van der Waals surface area contributed by atoms with Gasteiger partial charge in [-0.25, -0.2) is 0 Å². The summed E-state index contributed by atoms with van der Waals surface area (Å²) in [5, 5.41) is 3.64. The Labute approximate surface area is 113 Å². The summed E-state index contributed by atoms with van der Waals surface area (Å²) in [5.41, 5.74) is 1.94. The lowest BCUT2D eigenvalue weighted by molar-refractivity contribution is 0.367. The van der Waals surface area contributed by atoms with E-state index in [1.165, 1.54) is 35.6 Å². The molecule has 0 bridgehead atoms. The van der Waals surface area contributed by atoms with E-state index >= 15 is 0 Å². The number of rotatable bonds is 6. The van der Waals surface area contributed by atoms with E-state index in [9.17, 15) is 0 Å². The van der Waals surface area contributed by atoms with Crippen molar-refractivity contribution in [3.63, 3.8) is 0 Å². The van der Waals surface area contributed by atoms with E-state index < -0.39 is 0 Å². The maximum absolute atomic E-state index is 4.17. The average Bonchev–Trinajstić information content (AvgIpc) is 2.83. The molecule has 17 heavy (non-hydrogen) atoms. The van der Waals surface area contributed by atoms with Crippen LogP contribution in [-0.2, 0) is 6.42 Å². The lowest BCUT2D eigenvalue weighted by Gasteiger charge is -2.26. The van der Waals surface area contributed by atoms with Crippen LogP contribution >= 0.6 is 23.1 Å². The van der Waals surface area contributed by atoms with Gasteiger partial charge in [0.1, 0.15) is 0 Å². The van der Waals surface area contributed by atoms with Crippen molar-refractivity contribution in [2.24, 2.45) is 5.92 Å². The van der Waals surface area contributed by atoms with Crippen LogP contribution in [0, 0.1) is 5.92 Å². The molecule has 2 nitrogen and oxygen atoms in total. The molecule has 1 aliphatic rings. The van der Waals surface area contributed by atoms with Crippen LogP contribution < -0.4 is 5.32 Å². The van der Waals surface area contributed by atoms with E-state index in [0.717, 1.165) is 18.9 Å². The molecule has 1 aliphatic heterocycles. The first-order valence-electron chi connectivity index (χ1n) is 6.57. The van der Waals surface area contributed by atoms with E-state index in [1.54, 1.807) is 11.3 Å². The molecule has 0 spiro atoms. The predicted octanol–water partition coefficient (Wildman–Crippen LogP) is 3.20. The number of nitrogens with one attached hydrogen (secondary N) is 1. The van der Waals surface area contributed by atoms with Gasteiger partial charge in [-0.05, 0) is 49.7 Å². The lowest BCUT2D eigenvalue weighted by atomic mass is 9.92. The predicted molar refractivity (Wildman–Crippen MR) is 77.9 cm³/mol. The van der Waals surface area contributed by atoms with Crippen molar-refractivity contribution in [1.82, 2.24) is 10.3 Å². The number of aromatic nitrogens is 1. The highest BCUT2D eigenvalue weighted by Gasteiger charge is 2.19. The Morgan fingerprint density at radius 2 is 2.29 bits per heavy atom. The lowest BCUT2D eigenvalue weighted by Crippen LogP contribution is -2.33. The van der Waals surface area contributed by atoms with Gasteiger partial charge in [0, 0.05) is 17.1 Å². The molecule has 4 heteroatoms. The summed E-state index contributed by atoms with van der Waals surface area (Å²) in [6.45, 7) is 3.28. The van der Waals surface area contributed by atoms with E-state index in [1.807, 2.05) is 11.7 Å². The molecule has 0 radical (unpaired) electrons. The molecule has 96 valence electrons. The van der Waals surface area contributed by atoms with Crippen LogP contribution in [0.4, 0.5) is 0 Å². The van der Waals surface area contributed by atoms with Crippen LogP contribution in [-0.4, -0.2) is 29.1 Å². The minimum absolute atomic E-state index is 0.647. The van der Waals surface area contributed by atoms with Gasteiger partial charge in [-0.3, -0.25) is 4.98 Å². The van der Waals surface area contributed by atoms with Gasteiger partial charge in [-0.1, -0.05) is 6.92 Å². The summed E-state index contributed by atoms with van der Waals surface area (Å²) in [7, 11) is 0. The summed E-state index contributed by atoms with van der Waals surface area (Å²) in [5.74, 6) is 3.67. The van der Waals surface area contributed by atoms with Crippen molar-refractivity contribution in [3.05, 3.63) is 16.6 Å². The van der Waals surface area contributed by atoms with Gasteiger partial charge < -0.3 is 5.32 Å². The highest BCUT2D eigenvalue weighted by atomic mass is 32.2. The molecule has 1 aromatic heterocycles. The van der Waals surface area contributed by atoms with Gasteiger partial charge in [0.05, 0.1) is 5.51 Å². The van der Waals surface area contributed by atoms with Crippen LogP contribution in [0.25, 0.3) is 0 Å². The second kappa shape index (κ2) is 7.39. The second-order valence-electron chi connectivity index (χ2n) is 4.72. The Hall–Kier alpha value is -0.0600. The number of thiazole rings is 1. The van der Waals surface area contributed by atoms with Crippen molar-refractivity contribution in [2.45, 2.75) is 38.6 Å². The standard InChI is InChI=1S/C13H22N2S2/c1-2-15-12(8-13-9-14-10-17-13)7-11-3-5-16-6-4-11/h9-12,15H,2-8H2,1H3. The molecule has 2 rings (SSSR count). The van der Waals surface area contributed by atoms with Crippen molar-refractivity contribution >= 4 is 23.1 Å². The number of thioether (sulfide) groups is 1. The third-order valence-electron chi connectivity index (χ3n) is 3.38. The largest absolute Gasteiger partial charge is 0.314 e. The number of hydrogen-bond donors (Lipinski definition) is 1. The van der Waals surface area contributed by atoms with Crippen LogP contribution in [0.1, 0.15) is 31.1 Å². The zero-order chi connectivity index (χ0) is 11.9. The van der Waals surface area contributed by atoms with Crippen LogP contribution in [0.15, 0.2) is 11.7 Å². The van der Waals surface area contributed by atoms with Gasteiger partial charge in [0.2, 0.25) is 0 Å². The van der Waals surface area contributed by atoms with E-state index in [-0.39, 0.29) is 0 Å². The van der Waals surface area contributed by atoms with Gasteiger partial charge in [0.25, 0.3) is 0 Å². The molecule has 0 saturated carbocycles. The van der Waals surface area contributed by atoms with E-state index in [2.05, 4.69) is 29.0 Å². The number of likely N-dealkylation sites (N-methyl/N-ethyl adjacent to an activating group) is 1. The topological polar surface area (TPSA) is 24.9 Å². The van der Waals surface area contributed by atoms with Crippen LogP contribution in [0.2, 0.25) is 0 Å². The third-order valence-corrected chi connectivity index (χ3v) is 5.23. The maximum Gasteiger partial charge on any atom is 0.0794 e. The Bertz CT molecular complexity index is 294. The monoisotopic (exact) mass is 270 g/mol. The SMILES string of the molecule is CCNC(Cc1cncs1)CC1CCSCC1. The number of nitrogens with zero attached hydrogens (tertiary/aromatic N) is 1. The molecule has 1 saturated heterocycles. The van der Waals surface area contributed by atoms with Gasteiger partial charge >= 0.3 is 0 Å². The first kappa shape index (κ1) is 13.4. The summed E-state index contributed by atoms with van der Waals surface area (Å²) < 4.78 is 0. The fourth-order valence-electron chi connectivity index (χ4n) is 2.50. The zero-order valence-electron chi connectivity index (χ0n) is 10.5. The second-order valence-corrected chi connectivity index (χ2v) is 6.91. The number of hydrogen-bond acceptors (Lipinski definition) is 4. The third kappa shape index (κ3) is 4.60. The Kier molecular flexibility index (Phi) is 5.81. The quantitative estimate of drug-likeness (QED) is 0.859. The molecule has 0 aliphatic carbocycles. The molecule has 2 heterocycles. The Morgan fingerprint density at radius 3 is 2.94 bits per heavy atom. The summed E-state index contributed by atoms with van der Waals surface area (Å²) in [6.07, 6.45) is 7.34. The Morgan fingerprint density at radius 1 is 1.47 bits per heavy atom. The molecule has 0 amide bonds. The molecular weight excluding hydrogens is 248 g/mol. The Balaban J connectivity index is 1.83. The van der Waals surface area contributed by atoms with Crippen molar-refractivity contribution in [2.75, 3.05) is 18.1 Å². The molecule has 1 fully saturated rings. The fourth-order valence-corrected chi connectivity index (χ4v) is 4.38. The fraction of sp³-hybridized carbons (Fsp3) is 0.769. The van der Waals surface area contributed by atoms with Gasteiger partial charge in [-0.15, -0.1) is 11.3 Å². The molecule has 0 aromatic carbocycles. The molecule has 1 atom stereocenters.